The molecule has 24 heavy (non-hydrogen) atoms. The molecule has 5 nitrogen and oxygen atoms in total. The average Bonchev–Trinajstić information content (AvgIpc) is 2.85. The third-order valence-electron chi connectivity index (χ3n) is 4.69. The van der Waals surface area contributed by atoms with E-state index in [0.29, 0.717) is 13.0 Å². The van der Waals surface area contributed by atoms with Gasteiger partial charge in [0.2, 0.25) is 0 Å². The van der Waals surface area contributed by atoms with Gasteiger partial charge in [-0.05, 0) is 66.5 Å². The Morgan fingerprint density at radius 1 is 1.42 bits per heavy atom. The van der Waals surface area contributed by atoms with Gasteiger partial charge < -0.3 is 14.7 Å². The van der Waals surface area contributed by atoms with E-state index in [1.807, 2.05) is 24.3 Å². The van der Waals surface area contributed by atoms with E-state index in [-0.39, 0.29) is 12.2 Å². The van der Waals surface area contributed by atoms with Crippen molar-refractivity contribution in [3.05, 3.63) is 33.4 Å². The van der Waals surface area contributed by atoms with E-state index in [2.05, 4.69) is 22.6 Å². The summed E-state index contributed by atoms with van der Waals surface area (Å²) in [6, 6.07) is 7.71. The summed E-state index contributed by atoms with van der Waals surface area (Å²) in [5.74, 6) is -0.782. The fourth-order valence-corrected chi connectivity index (χ4v) is 3.58. The number of carboxylic acid groups (broad SMARTS) is 1. The molecule has 1 heterocycles. The number of cyclic esters (lactones) is 1. The van der Waals surface area contributed by atoms with Crippen molar-refractivity contribution in [2.45, 2.75) is 50.5 Å². The second kappa shape index (κ2) is 8.18. The van der Waals surface area contributed by atoms with Gasteiger partial charge in [0.15, 0.2) is 0 Å². The molecule has 0 aliphatic carbocycles. The molecule has 132 valence electrons. The Bertz CT molecular complexity index is 606. The van der Waals surface area contributed by atoms with Gasteiger partial charge in [-0.15, -0.1) is 0 Å². The van der Waals surface area contributed by atoms with Crippen LogP contribution in [0.3, 0.4) is 0 Å². The smallest absolute Gasteiger partial charge is 0.409 e. The lowest BCUT2D eigenvalue weighted by molar-refractivity contribution is -0.143. The Morgan fingerprint density at radius 3 is 2.75 bits per heavy atom. The normalized spacial score (nSPS) is 19.9. The van der Waals surface area contributed by atoms with E-state index in [0.717, 1.165) is 34.8 Å². The number of hydrogen-bond donors (Lipinski definition) is 1. The van der Waals surface area contributed by atoms with E-state index in [9.17, 15) is 14.7 Å². The van der Waals surface area contributed by atoms with Gasteiger partial charge in [-0.1, -0.05) is 25.0 Å². The molecule has 1 aliphatic rings. The summed E-state index contributed by atoms with van der Waals surface area (Å²) in [7, 11) is 1.74. The van der Waals surface area contributed by atoms with Crippen LogP contribution in [0.15, 0.2) is 24.3 Å². The van der Waals surface area contributed by atoms with Crippen LogP contribution in [0.25, 0.3) is 0 Å². The number of carbonyl (C=O) groups is 2. The van der Waals surface area contributed by atoms with E-state index < -0.39 is 11.4 Å². The molecule has 1 aromatic rings. The molecular formula is C18H24INO4. The Labute approximate surface area is 156 Å². The van der Waals surface area contributed by atoms with Gasteiger partial charge >= 0.3 is 12.1 Å². The van der Waals surface area contributed by atoms with Crippen LogP contribution < -0.4 is 0 Å². The van der Waals surface area contributed by atoms with Gasteiger partial charge in [0.05, 0.1) is 12.0 Å². The van der Waals surface area contributed by atoms with Crippen molar-refractivity contribution in [2.24, 2.45) is 0 Å². The maximum absolute atomic E-state index is 11.8. The lowest BCUT2D eigenvalue weighted by Crippen LogP contribution is -2.32. The van der Waals surface area contributed by atoms with E-state index in [1.54, 1.807) is 18.9 Å². The summed E-state index contributed by atoms with van der Waals surface area (Å²) in [6.45, 7) is 2.45. The summed E-state index contributed by atoms with van der Waals surface area (Å²) in [6.07, 6.45) is 3.88. The van der Waals surface area contributed by atoms with E-state index in [4.69, 9.17) is 4.74 Å². The molecule has 1 saturated heterocycles. The highest BCUT2D eigenvalue weighted by molar-refractivity contribution is 14.1. The predicted molar refractivity (Wildman–Crippen MR) is 100 cm³/mol. The second-order valence-corrected chi connectivity index (χ2v) is 7.88. The zero-order valence-corrected chi connectivity index (χ0v) is 16.3. The molecule has 0 spiro atoms. The van der Waals surface area contributed by atoms with Gasteiger partial charge in [-0.3, -0.25) is 4.79 Å². The Morgan fingerprint density at radius 2 is 2.17 bits per heavy atom. The molecule has 6 heteroatoms. The topological polar surface area (TPSA) is 66.8 Å². The molecule has 1 aliphatic heterocycles. The van der Waals surface area contributed by atoms with E-state index in [1.165, 1.54) is 0 Å². The Hall–Kier alpha value is -1.31. The molecule has 0 saturated carbocycles. The van der Waals surface area contributed by atoms with Gasteiger partial charge in [-0.25, -0.2) is 4.79 Å². The molecule has 0 aromatic heterocycles. The number of unbranched alkanes of at least 4 members (excludes halogenated alkanes) is 2. The molecule has 2 rings (SSSR count). The summed E-state index contributed by atoms with van der Waals surface area (Å²) in [5.41, 5.74) is -0.00504. The van der Waals surface area contributed by atoms with Crippen LogP contribution in [0.1, 0.15) is 44.6 Å². The zero-order valence-electron chi connectivity index (χ0n) is 14.1. The maximum atomic E-state index is 11.8. The van der Waals surface area contributed by atoms with Crippen molar-refractivity contribution in [1.29, 1.82) is 0 Å². The first-order valence-electron chi connectivity index (χ1n) is 8.24. The summed E-state index contributed by atoms with van der Waals surface area (Å²) in [4.78, 5) is 24.7. The third kappa shape index (κ3) is 4.62. The first kappa shape index (κ1) is 19.0. The fraction of sp³-hybridized carbons (Fsp3) is 0.556. The number of carboxylic acids is 1. The first-order valence-corrected chi connectivity index (χ1v) is 9.32. The number of carbonyl (C=O) groups excluding carboxylic acids is 1. The quantitative estimate of drug-likeness (QED) is 0.485. The van der Waals surface area contributed by atoms with Crippen LogP contribution in [-0.2, 0) is 14.9 Å². The van der Waals surface area contributed by atoms with Crippen LogP contribution in [0.4, 0.5) is 4.79 Å². The van der Waals surface area contributed by atoms with Gasteiger partial charge in [-0.2, -0.15) is 0 Å². The summed E-state index contributed by atoms with van der Waals surface area (Å²) < 4.78 is 6.28. The zero-order chi connectivity index (χ0) is 17.7. The molecule has 2 atom stereocenters. The molecule has 1 fully saturated rings. The molecular weight excluding hydrogens is 421 g/mol. The Balaban J connectivity index is 1.82. The van der Waals surface area contributed by atoms with Gasteiger partial charge in [0.1, 0.15) is 6.10 Å². The average molecular weight is 445 g/mol. The van der Waals surface area contributed by atoms with Crippen LogP contribution in [0, 0.1) is 3.57 Å². The van der Waals surface area contributed by atoms with Crippen LogP contribution in [0.5, 0.6) is 0 Å². The highest BCUT2D eigenvalue weighted by atomic mass is 127. The molecule has 2 unspecified atom stereocenters. The fourth-order valence-electron chi connectivity index (χ4n) is 3.03. The number of benzene rings is 1. The van der Waals surface area contributed by atoms with Crippen molar-refractivity contribution in [3.63, 3.8) is 0 Å². The highest BCUT2D eigenvalue weighted by Gasteiger charge is 2.34. The largest absolute Gasteiger partial charge is 0.481 e. The SMILES string of the molecule is CN1CC(CCCCCC(C)(C(=O)O)c2cccc(I)c2)OC1=O. The Kier molecular flexibility index (Phi) is 6.48. The van der Waals surface area contributed by atoms with Gasteiger partial charge in [0.25, 0.3) is 0 Å². The minimum atomic E-state index is -0.860. The van der Waals surface area contributed by atoms with E-state index >= 15 is 0 Å². The minimum Gasteiger partial charge on any atom is -0.481 e. The second-order valence-electron chi connectivity index (χ2n) is 6.63. The summed E-state index contributed by atoms with van der Waals surface area (Å²) in [5, 5.41) is 9.70. The van der Waals surface area contributed by atoms with Crippen molar-refractivity contribution < 1.29 is 19.4 Å². The van der Waals surface area contributed by atoms with Crippen LogP contribution in [-0.4, -0.2) is 41.8 Å². The molecule has 1 N–H and O–H groups in total. The number of ether oxygens (including phenoxy) is 1. The summed E-state index contributed by atoms with van der Waals surface area (Å²) >= 11 is 2.21. The molecule has 0 bridgehead atoms. The number of rotatable bonds is 8. The molecule has 1 amide bonds. The number of hydrogen-bond acceptors (Lipinski definition) is 3. The maximum Gasteiger partial charge on any atom is 0.409 e. The number of aliphatic carboxylic acids is 1. The van der Waals surface area contributed by atoms with Crippen LogP contribution in [0.2, 0.25) is 0 Å². The number of nitrogens with zero attached hydrogens (tertiary/aromatic N) is 1. The van der Waals surface area contributed by atoms with Crippen LogP contribution >= 0.6 is 22.6 Å². The molecule has 1 aromatic carbocycles. The van der Waals surface area contributed by atoms with Crippen molar-refractivity contribution in [2.75, 3.05) is 13.6 Å². The standard InChI is InChI=1S/C18H24INO4/c1-18(16(21)22,13-7-6-8-14(19)11-13)10-5-3-4-9-15-12-20(2)17(23)24-15/h6-8,11,15H,3-5,9-10,12H2,1-2H3,(H,21,22). The lowest BCUT2D eigenvalue weighted by atomic mass is 9.78. The molecule has 0 radical (unpaired) electrons. The lowest BCUT2D eigenvalue weighted by Gasteiger charge is -2.25. The van der Waals surface area contributed by atoms with Crippen molar-refractivity contribution in [1.82, 2.24) is 4.90 Å². The highest BCUT2D eigenvalue weighted by Crippen LogP contribution is 2.31. The minimum absolute atomic E-state index is 0.0240. The number of halogens is 1. The van der Waals surface area contributed by atoms with Crippen molar-refractivity contribution in [3.8, 4) is 0 Å². The van der Waals surface area contributed by atoms with Gasteiger partial charge in [0, 0.05) is 10.6 Å². The predicted octanol–water partition coefficient (Wildman–Crippen LogP) is 4.03. The monoisotopic (exact) mass is 445 g/mol. The first-order chi connectivity index (χ1) is 11.3. The van der Waals surface area contributed by atoms with Crippen molar-refractivity contribution >= 4 is 34.7 Å². The number of likely N-dealkylation sites (N-methyl/N-ethyl adjacent to an activating group) is 1. The number of amides is 1. The third-order valence-corrected chi connectivity index (χ3v) is 5.36.